The van der Waals surface area contributed by atoms with Crippen LogP contribution < -0.4 is 11.1 Å². The van der Waals surface area contributed by atoms with Crippen molar-refractivity contribution in [3.05, 3.63) is 35.4 Å². The molecule has 1 aromatic carbocycles. The van der Waals surface area contributed by atoms with Crippen molar-refractivity contribution in [1.82, 2.24) is 5.32 Å². The Morgan fingerprint density at radius 3 is 2.45 bits per heavy atom. The highest BCUT2D eigenvalue weighted by Crippen LogP contribution is 2.09. The summed E-state index contributed by atoms with van der Waals surface area (Å²) in [6.07, 6.45) is 0.373. The molecule has 0 aromatic heterocycles. The average Bonchev–Trinajstić information content (AvgIpc) is 2.46. The summed E-state index contributed by atoms with van der Waals surface area (Å²) in [7, 11) is 0. The topological polar surface area (TPSA) is 89.3 Å². The summed E-state index contributed by atoms with van der Waals surface area (Å²) in [5, 5.41) is 2.40. The number of rotatable bonds is 8. The van der Waals surface area contributed by atoms with E-state index in [1.54, 1.807) is 6.92 Å². The van der Waals surface area contributed by atoms with Gasteiger partial charge in [-0.25, -0.2) is 8.78 Å². The van der Waals surface area contributed by atoms with Crippen molar-refractivity contribution < 1.29 is 23.2 Å². The Bertz CT molecular complexity index is 576. The number of hydrogen-bond acceptors (Lipinski definition) is 3. The summed E-state index contributed by atoms with van der Waals surface area (Å²) in [6.45, 7) is 1.70. The van der Waals surface area contributed by atoms with Gasteiger partial charge in [0, 0.05) is 12.8 Å². The fourth-order valence-corrected chi connectivity index (χ4v) is 1.85. The lowest BCUT2D eigenvalue weighted by molar-refractivity contribution is -0.127. The maximum Gasteiger partial charge on any atom is 0.240 e. The smallest absolute Gasteiger partial charge is 0.240 e. The predicted octanol–water partition coefficient (Wildman–Crippen LogP) is 1.24. The molecule has 0 aliphatic heterocycles. The van der Waals surface area contributed by atoms with Gasteiger partial charge < -0.3 is 11.1 Å². The maximum absolute atomic E-state index is 13.1. The van der Waals surface area contributed by atoms with Crippen molar-refractivity contribution in [2.45, 2.75) is 38.6 Å². The highest BCUT2D eigenvalue weighted by molar-refractivity contribution is 5.88. The summed E-state index contributed by atoms with van der Waals surface area (Å²) < 4.78 is 25.8. The molecule has 0 radical (unpaired) electrons. The molecule has 0 saturated heterocycles. The molecule has 0 spiro atoms. The van der Waals surface area contributed by atoms with E-state index in [1.807, 2.05) is 0 Å². The van der Waals surface area contributed by atoms with Gasteiger partial charge in [-0.15, -0.1) is 0 Å². The van der Waals surface area contributed by atoms with E-state index in [-0.39, 0.29) is 30.6 Å². The number of halogens is 2. The monoisotopic (exact) mass is 312 g/mol. The molecule has 0 saturated carbocycles. The minimum atomic E-state index is -1.05. The number of primary amides is 1. The van der Waals surface area contributed by atoms with Gasteiger partial charge in [-0.2, -0.15) is 0 Å². The van der Waals surface area contributed by atoms with Crippen LogP contribution in [0.5, 0.6) is 0 Å². The standard InChI is InChI=1S/C15H18F2N2O3/c1-2-10(20)4-6-13(15(18)22)19-14(21)8-9-3-5-11(16)12(17)7-9/h3,5,7,13H,2,4,6,8H2,1H3,(H2,18,22)(H,19,21)/t13-/m1/s1. The Morgan fingerprint density at radius 1 is 1.23 bits per heavy atom. The Balaban J connectivity index is 2.61. The molecule has 5 nitrogen and oxygen atoms in total. The normalized spacial score (nSPS) is 11.8. The first-order valence-electron chi connectivity index (χ1n) is 6.87. The molecule has 7 heteroatoms. The summed E-state index contributed by atoms with van der Waals surface area (Å²) in [5.74, 6) is -3.40. The van der Waals surface area contributed by atoms with E-state index in [4.69, 9.17) is 5.73 Å². The van der Waals surface area contributed by atoms with Crippen LogP contribution in [0.25, 0.3) is 0 Å². The first kappa shape index (κ1) is 17.7. The zero-order chi connectivity index (χ0) is 16.7. The Labute approximate surface area is 126 Å². The second-order valence-corrected chi connectivity index (χ2v) is 4.88. The molecule has 0 heterocycles. The lowest BCUT2D eigenvalue weighted by Gasteiger charge is -2.15. The van der Waals surface area contributed by atoms with Gasteiger partial charge in [0.05, 0.1) is 6.42 Å². The lowest BCUT2D eigenvalue weighted by Crippen LogP contribution is -2.45. The first-order valence-corrected chi connectivity index (χ1v) is 6.87. The van der Waals surface area contributed by atoms with Crippen LogP contribution in [0, 0.1) is 11.6 Å². The fourth-order valence-electron chi connectivity index (χ4n) is 1.85. The molecular weight excluding hydrogens is 294 g/mol. The minimum Gasteiger partial charge on any atom is -0.368 e. The van der Waals surface area contributed by atoms with E-state index < -0.39 is 29.5 Å². The molecular formula is C15H18F2N2O3. The first-order chi connectivity index (χ1) is 10.3. The highest BCUT2D eigenvalue weighted by Gasteiger charge is 2.19. The van der Waals surface area contributed by atoms with Crippen molar-refractivity contribution in [1.29, 1.82) is 0 Å². The molecule has 0 aliphatic carbocycles. The predicted molar refractivity (Wildman–Crippen MR) is 75.7 cm³/mol. The SMILES string of the molecule is CCC(=O)CC[C@@H](NC(=O)Cc1ccc(F)c(F)c1)C(N)=O. The number of nitrogens with one attached hydrogen (secondary N) is 1. The number of carbonyl (C=O) groups excluding carboxylic acids is 3. The maximum atomic E-state index is 13.1. The van der Waals surface area contributed by atoms with Gasteiger partial charge in [0.25, 0.3) is 0 Å². The van der Waals surface area contributed by atoms with Crippen molar-refractivity contribution in [2.75, 3.05) is 0 Å². The zero-order valence-electron chi connectivity index (χ0n) is 12.2. The number of Topliss-reactive ketones (excluding diaryl/α,β-unsaturated/α-hetero) is 1. The minimum absolute atomic E-state index is 0.0406. The third-order valence-corrected chi connectivity index (χ3v) is 3.13. The number of benzene rings is 1. The van der Waals surface area contributed by atoms with Crippen LogP contribution >= 0.6 is 0 Å². The molecule has 1 atom stereocenters. The van der Waals surface area contributed by atoms with Gasteiger partial charge in [-0.1, -0.05) is 13.0 Å². The van der Waals surface area contributed by atoms with Gasteiger partial charge >= 0.3 is 0 Å². The molecule has 0 aliphatic rings. The van der Waals surface area contributed by atoms with Crippen LogP contribution in [0.2, 0.25) is 0 Å². The van der Waals surface area contributed by atoms with Gasteiger partial charge in [0.1, 0.15) is 11.8 Å². The second kappa shape index (κ2) is 8.21. The number of carbonyl (C=O) groups is 3. The van der Waals surface area contributed by atoms with Crippen LogP contribution in [-0.2, 0) is 20.8 Å². The third kappa shape index (κ3) is 5.59. The van der Waals surface area contributed by atoms with Crippen LogP contribution in [-0.4, -0.2) is 23.6 Å². The van der Waals surface area contributed by atoms with E-state index in [0.717, 1.165) is 12.1 Å². The Kier molecular flexibility index (Phi) is 6.62. The van der Waals surface area contributed by atoms with E-state index in [2.05, 4.69) is 5.32 Å². The zero-order valence-corrected chi connectivity index (χ0v) is 12.2. The molecule has 0 fully saturated rings. The summed E-state index contributed by atoms with van der Waals surface area (Å²) in [4.78, 5) is 34.3. The summed E-state index contributed by atoms with van der Waals surface area (Å²) >= 11 is 0. The van der Waals surface area contributed by atoms with Crippen LogP contribution in [0.1, 0.15) is 31.7 Å². The second-order valence-electron chi connectivity index (χ2n) is 4.88. The average molecular weight is 312 g/mol. The number of hydrogen-bond donors (Lipinski definition) is 2. The molecule has 3 N–H and O–H groups in total. The molecule has 1 rings (SSSR count). The number of amides is 2. The third-order valence-electron chi connectivity index (χ3n) is 3.13. The number of ketones is 1. The fraction of sp³-hybridized carbons (Fsp3) is 0.400. The van der Waals surface area contributed by atoms with Gasteiger partial charge in [0.2, 0.25) is 11.8 Å². The van der Waals surface area contributed by atoms with Gasteiger partial charge in [-0.3, -0.25) is 14.4 Å². The van der Waals surface area contributed by atoms with Crippen LogP contribution in [0.15, 0.2) is 18.2 Å². The van der Waals surface area contributed by atoms with E-state index in [9.17, 15) is 23.2 Å². The summed E-state index contributed by atoms with van der Waals surface area (Å²) in [6, 6.07) is 2.14. The Morgan fingerprint density at radius 2 is 1.91 bits per heavy atom. The molecule has 120 valence electrons. The summed E-state index contributed by atoms with van der Waals surface area (Å²) in [5.41, 5.74) is 5.44. The number of nitrogens with two attached hydrogens (primary N) is 1. The lowest BCUT2D eigenvalue weighted by atomic mass is 10.1. The largest absolute Gasteiger partial charge is 0.368 e. The highest BCUT2D eigenvalue weighted by atomic mass is 19.2. The van der Waals surface area contributed by atoms with Gasteiger partial charge in [-0.05, 0) is 24.1 Å². The molecule has 0 bridgehead atoms. The van der Waals surface area contributed by atoms with Crippen molar-refractivity contribution >= 4 is 17.6 Å². The van der Waals surface area contributed by atoms with Gasteiger partial charge in [0.15, 0.2) is 11.6 Å². The van der Waals surface area contributed by atoms with Crippen LogP contribution in [0.4, 0.5) is 8.78 Å². The molecule has 0 unspecified atom stereocenters. The molecule has 1 aromatic rings. The van der Waals surface area contributed by atoms with E-state index >= 15 is 0 Å². The Hall–Kier alpha value is -2.31. The van der Waals surface area contributed by atoms with E-state index in [0.29, 0.717) is 6.42 Å². The molecule has 2 amide bonds. The quantitative estimate of drug-likeness (QED) is 0.757. The van der Waals surface area contributed by atoms with Crippen molar-refractivity contribution in [3.8, 4) is 0 Å². The molecule has 22 heavy (non-hydrogen) atoms. The van der Waals surface area contributed by atoms with Crippen molar-refractivity contribution in [3.63, 3.8) is 0 Å². The van der Waals surface area contributed by atoms with E-state index in [1.165, 1.54) is 6.07 Å². The van der Waals surface area contributed by atoms with Crippen LogP contribution in [0.3, 0.4) is 0 Å². The van der Waals surface area contributed by atoms with Crippen molar-refractivity contribution in [2.24, 2.45) is 5.73 Å².